The Bertz CT molecular complexity index is 579. The van der Waals surface area contributed by atoms with Crippen molar-refractivity contribution in [3.05, 3.63) is 29.8 Å². The minimum Gasteiger partial charge on any atom is -0.480 e. The van der Waals surface area contributed by atoms with Crippen LogP contribution in [0, 0.1) is 11.3 Å². The molecule has 0 radical (unpaired) electrons. The molecule has 0 saturated carbocycles. The predicted octanol–water partition coefficient (Wildman–Crippen LogP) is 0.0166. The molecule has 1 aromatic carbocycles. The average molecular weight is 289 g/mol. The van der Waals surface area contributed by atoms with Gasteiger partial charge < -0.3 is 15.5 Å². The predicted molar refractivity (Wildman–Crippen MR) is 73.4 cm³/mol. The fourth-order valence-corrected chi connectivity index (χ4v) is 2.32. The summed E-state index contributed by atoms with van der Waals surface area (Å²) in [5.41, 5.74) is 1.02. The Labute approximate surface area is 121 Å². The molecule has 0 aliphatic carbocycles. The van der Waals surface area contributed by atoms with Crippen LogP contribution in [0.1, 0.15) is 12.0 Å². The van der Waals surface area contributed by atoms with Crippen molar-refractivity contribution in [2.45, 2.75) is 18.6 Å². The van der Waals surface area contributed by atoms with E-state index >= 15 is 0 Å². The summed E-state index contributed by atoms with van der Waals surface area (Å²) in [6.45, 7) is 0.0613. The van der Waals surface area contributed by atoms with Crippen molar-refractivity contribution in [1.82, 2.24) is 4.90 Å². The third kappa shape index (κ3) is 3.78. The van der Waals surface area contributed by atoms with Gasteiger partial charge in [-0.15, -0.1) is 0 Å². The molecule has 0 aromatic heterocycles. The third-order valence-electron chi connectivity index (χ3n) is 3.31. The second kappa shape index (κ2) is 6.35. The molecule has 1 aliphatic rings. The number of anilines is 1. The first-order valence-corrected chi connectivity index (χ1v) is 6.44. The van der Waals surface area contributed by atoms with E-state index in [1.807, 2.05) is 6.07 Å². The highest BCUT2D eigenvalue weighted by Crippen LogP contribution is 2.18. The average Bonchev–Trinajstić information content (AvgIpc) is 2.80. The summed E-state index contributed by atoms with van der Waals surface area (Å²) < 4.78 is 0. The first kappa shape index (κ1) is 15.0. The van der Waals surface area contributed by atoms with Crippen molar-refractivity contribution in [3.63, 3.8) is 0 Å². The molecule has 1 amide bonds. The normalized spacial score (nSPS) is 21.7. The summed E-state index contributed by atoms with van der Waals surface area (Å²) in [5, 5.41) is 29.9. The number of carbonyl (C=O) groups is 2. The van der Waals surface area contributed by atoms with E-state index in [4.69, 9.17) is 10.4 Å². The highest BCUT2D eigenvalue weighted by molar-refractivity contribution is 5.92. The second-order valence-corrected chi connectivity index (χ2v) is 4.91. The van der Waals surface area contributed by atoms with Gasteiger partial charge in [-0.3, -0.25) is 14.5 Å². The van der Waals surface area contributed by atoms with Gasteiger partial charge in [0.2, 0.25) is 5.91 Å². The number of likely N-dealkylation sites (tertiary alicyclic amines) is 1. The number of nitrogens with zero attached hydrogens (tertiary/aromatic N) is 2. The smallest absolute Gasteiger partial charge is 0.321 e. The fraction of sp³-hybridized carbons (Fsp3) is 0.357. The Balaban J connectivity index is 1.94. The number of aliphatic hydroxyl groups is 1. The highest BCUT2D eigenvalue weighted by atomic mass is 16.4. The summed E-state index contributed by atoms with van der Waals surface area (Å²) in [6, 6.07) is 7.49. The van der Waals surface area contributed by atoms with Crippen LogP contribution < -0.4 is 5.32 Å². The molecule has 2 atom stereocenters. The van der Waals surface area contributed by atoms with Crippen LogP contribution in [0.3, 0.4) is 0 Å². The van der Waals surface area contributed by atoms with Crippen LogP contribution in [-0.2, 0) is 9.59 Å². The van der Waals surface area contributed by atoms with E-state index in [2.05, 4.69) is 5.32 Å². The Morgan fingerprint density at radius 3 is 2.62 bits per heavy atom. The molecule has 7 heteroatoms. The number of amides is 1. The standard InChI is InChI=1S/C14H15N3O4/c15-6-9-1-3-10(4-2-9)16-13(19)8-17-7-11(18)5-12(17)14(20)21/h1-4,11-12,18H,5,7-8H2,(H,16,19)(H,20,21). The van der Waals surface area contributed by atoms with Crippen LogP contribution in [0.4, 0.5) is 5.69 Å². The van der Waals surface area contributed by atoms with Crippen LogP contribution in [0.5, 0.6) is 0 Å². The second-order valence-electron chi connectivity index (χ2n) is 4.91. The number of nitriles is 1. The fourth-order valence-electron chi connectivity index (χ4n) is 2.32. The Hall–Kier alpha value is -2.43. The lowest BCUT2D eigenvalue weighted by molar-refractivity contribution is -0.142. The number of nitrogens with one attached hydrogen (secondary N) is 1. The van der Waals surface area contributed by atoms with Crippen LogP contribution in [0.15, 0.2) is 24.3 Å². The van der Waals surface area contributed by atoms with E-state index in [0.29, 0.717) is 11.3 Å². The topological polar surface area (TPSA) is 114 Å². The molecular formula is C14H15N3O4. The summed E-state index contributed by atoms with van der Waals surface area (Å²) in [4.78, 5) is 24.4. The van der Waals surface area contributed by atoms with E-state index in [1.165, 1.54) is 4.90 Å². The molecular weight excluding hydrogens is 274 g/mol. The number of aliphatic carboxylic acids is 1. The van der Waals surface area contributed by atoms with Gasteiger partial charge in [0, 0.05) is 18.7 Å². The maximum atomic E-state index is 11.9. The van der Waals surface area contributed by atoms with Crippen molar-refractivity contribution in [1.29, 1.82) is 5.26 Å². The number of hydrogen-bond donors (Lipinski definition) is 3. The first-order valence-electron chi connectivity index (χ1n) is 6.44. The van der Waals surface area contributed by atoms with Gasteiger partial charge >= 0.3 is 5.97 Å². The van der Waals surface area contributed by atoms with Crippen molar-refractivity contribution < 1.29 is 19.8 Å². The number of carbonyl (C=O) groups excluding carboxylic acids is 1. The SMILES string of the molecule is N#Cc1ccc(NC(=O)CN2CC(O)CC2C(=O)O)cc1. The lowest BCUT2D eigenvalue weighted by Crippen LogP contribution is -2.41. The Morgan fingerprint density at radius 2 is 2.05 bits per heavy atom. The summed E-state index contributed by atoms with van der Waals surface area (Å²) in [5.74, 6) is -1.40. The van der Waals surface area contributed by atoms with Gasteiger partial charge in [-0.25, -0.2) is 0 Å². The molecule has 1 saturated heterocycles. The molecule has 1 aliphatic heterocycles. The third-order valence-corrected chi connectivity index (χ3v) is 3.31. The van der Waals surface area contributed by atoms with E-state index in [-0.39, 0.29) is 25.4 Å². The number of aliphatic hydroxyl groups excluding tert-OH is 1. The molecule has 110 valence electrons. The Kier molecular flexibility index (Phi) is 4.52. The van der Waals surface area contributed by atoms with Gasteiger partial charge in [0.1, 0.15) is 6.04 Å². The first-order chi connectivity index (χ1) is 9.99. The molecule has 1 heterocycles. The zero-order chi connectivity index (χ0) is 15.4. The monoisotopic (exact) mass is 289 g/mol. The largest absolute Gasteiger partial charge is 0.480 e. The molecule has 0 bridgehead atoms. The van der Waals surface area contributed by atoms with Crippen molar-refractivity contribution in [2.24, 2.45) is 0 Å². The number of carboxylic acids is 1. The molecule has 3 N–H and O–H groups in total. The maximum Gasteiger partial charge on any atom is 0.321 e. The quantitative estimate of drug-likeness (QED) is 0.720. The molecule has 2 unspecified atom stereocenters. The van der Waals surface area contributed by atoms with E-state index in [0.717, 1.165) is 0 Å². The number of carboxylic acid groups (broad SMARTS) is 1. The lowest BCUT2D eigenvalue weighted by Gasteiger charge is -2.19. The zero-order valence-electron chi connectivity index (χ0n) is 11.2. The van der Waals surface area contributed by atoms with Gasteiger partial charge in [-0.1, -0.05) is 0 Å². The molecule has 2 rings (SSSR count). The van der Waals surface area contributed by atoms with Gasteiger partial charge in [0.25, 0.3) is 0 Å². The molecule has 1 aromatic rings. The van der Waals surface area contributed by atoms with Crippen molar-refractivity contribution in [3.8, 4) is 6.07 Å². The summed E-state index contributed by atoms with van der Waals surface area (Å²) in [7, 11) is 0. The molecule has 0 spiro atoms. The van der Waals surface area contributed by atoms with Crippen LogP contribution >= 0.6 is 0 Å². The lowest BCUT2D eigenvalue weighted by atomic mass is 10.2. The number of benzene rings is 1. The van der Waals surface area contributed by atoms with E-state index < -0.39 is 18.1 Å². The van der Waals surface area contributed by atoms with Gasteiger partial charge in [-0.2, -0.15) is 5.26 Å². The number of rotatable bonds is 4. The van der Waals surface area contributed by atoms with Gasteiger partial charge in [-0.05, 0) is 24.3 Å². The van der Waals surface area contributed by atoms with Gasteiger partial charge in [0.05, 0.1) is 24.3 Å². The Morgan fingerprint density at radius 1 is 1.38 bits per heavy atom. The molecule has 7 nitrogen and oxygen atoms in total. The minimum absolute atomic E-state index is 0.103. The number of β-amino-alcohol motifs (C(OH)–C–C–N with tert-alkyl or cyclic N) is 1. The zero-order valence-corrected chi connectivity index (χ0v) is 11.2. The number of hydrogen-bond acceptors (Lipinski definition) is 5. The van der Waals surface area contributed by atoms with Crippen LogP contribution in [-0.4, -0.2) is 52.2 Å². The summed E-state index contributed by atoms with van der Waals surface area (Å²) >= 11 is 0. The minimum atomic E-state index is -1.04. The molecule has 1 fully saturated rings. The van der Waals surface area contributed by atoms with Crippen molar-refractivity contribution >= 4 is 17.6 Å². The van der Waals surface area contributed by atoms with E-state index in [1.54, 1.807) is 24.3 Å². The summed E-state index contributed by atoms with van der Waals surface area (Å²) in [6.07, 6.45) is -0.603. The van der Waals surface area contributed by atoms with Crippen LogP contribution in [0.25, 0.3) is 0 Å². The van der Waals surface area contributed by atoms with Gasteiger partial charge in [0.15, 0.2) is 0 Å². The van der Waals surface area contributed by atoms with E-state index in [9.17, 15) is 14.7 Å². The molecule has 21 heavy (non-hydrogen) atoms. The van der Waals surface area contributed by atoms with Crippen molar-refractivity contribution in [2.75, 3.05) is 18.4 Å². The maximum absolute atomic E-state index is 11.9. The highest BCUT2D eigenvalue weighted by Gasteiger charge is 2.36. The van der Waals surface area contributed by atoms with Crippen LogP contribution in [0.2, 0.25) is 0 Å².